The van der Waals surface area contributed by atoms with Crippen LogP contribution in [-0.4, -0.2) is 75.9 Å². The number of rotatable bonds is 9. The van der Waals surface area contributed by atoms with Crippen LogP contribution in [-0.2, 0) is 30.1 Å². The highest BCUT2D eigenvalue weighted by Gasteiger charge is 2.71. The van der Waals surface area contributed by atoms with Crippen LogP contribution in [0.4, 0.5) is 0 Å². The molecule has 4 rings (SSSR count). The molecule has 0 saturated carbocycles. The van der Waals surface area contributed by atoms with Gasteiger partial charge in [-0.05, 0) is 31.7 Å². The molecular weight excluding hydrogens is 501 g/mol. The van der Waals surface area contributed by atoms with Crippen molar-refractivity contribution in [3.05, 3.63) is 60.2 Å². The van der Waals surface area contributed by atoms with Gasteiger partial charge in [0.15, 0.2) is 0 Å². The summed E-state index contributed by atoms with van der Waals surface area (Å²) < 4.78 is 12.0. The van der Waals surface area contributed by atoms with E-state index in [4.69, 9.17) is 9.31 Å². The fraction of sp³-hybridized carbons (Fsp3) is 0.481. The average Bonchev–Trinajstić information content (AvgIpc) is 3.10. The molecular formula is C27H36BN5O6. The summed E-state index contributed by atoms with van der Waals surface area (Å²) in [6.07, 6.45) is 4.89. The van der Waals surface area contributed by atoms with Crippen molar-refractivity contribution in [3.63, 3.8) is 0 Å². The van der Waals surface area contributed by atoms with Gasteiger partial charge in [0.1, 0.15) is 17.8 Å². The summed E-state index contributed by atoms with van der Waals surface area (Å²) in [7, 11) is 1.85. The molecule has 0 spiro atoms. The van der Waals surface area contributed by atoms with Crippen molar-refractivity contribution in [1.29, 1.82) is 0 Å². The van der Waals surface area contributed by atoms with E-state index in [1.807, 2.05) is 58.2 Å². The van der Waals surface area contributed by atoms with Crippen molar-refractivity contribution in [2.75, 3.05) is 7.05 Å². The molecule has 2 amide bonds. The molecule has 39 heavy (non-hydrogen) atoms. The predicted molar refractivity (Wildman–Crippen MR) is 142 cm³/mol. The van der Waals surface area contributed by atoms with Gasteiger partial charge >= 0.3 is 12.7 Å². The highest BCUT2D eigenvalue weighted by Crippen LogP contribution is 2.43. The maximum atomic E-state index is 13.9. The van der Waals surface area contributed by atoms with Crippen LogP contribution in [0.15, 0.2) is 48.9 Å². The van der Waals surface area contributed by atoms with Gasteiger partial charge in [-0.15, -0.1) is 0 Å². The summed E-state index contributed by atoms with van der Waals surface area (Å²) in [4.78, 5) is 60.6. The first-order chi connectivity index (χ1) is 18.5. The Labute approximate surface area is 228 Å². The van der Waals surface area contributed by atoms with Gasteiger partial charge in [-0.25, -0.2) is 9.78 Å². The molecule has 1 aromatic carbocycles. The van der Waals surface area contributed by atoms with Crippen LogP contribution in [0.2, 0.25) is 0 Å². The summed E-state index contributed by atoms with van der Waals surface area (Å²) in [6, 6.07) is 7.45. The summed E-state index contributed by atoms with van der Waals surface area (Å²) in [5.74, 6) is -2.74. The van der Waals surface area contributed by atoms with Crippen molar-refractivity contribution in [2.24, 2.45) is 5.92 Å². The van der Waals surface area contributed by atoms with Crippen LogP contribution in [0.1, 0.15) is 56.6 Å². The van der Waals surface area contributed by atoms with Crippen molar-refractivity contribution in [1.82, 2.24) is 20.6 Å². The largest absolute Gasteiger partial charge is 0.605 e. The zero-order chi connectivity index (χ0) is 28.4. The lowest BCUT2D eigenvalue weighted by molar-refractivity contribution is -0.861. The Kier molecular flexibility index (Phi) is 8.05. The second kappa shape index (κ2) is 11.1. The molecule has 2 aliphatic heterocycles. The molecule has 2 aliphatic rings. The maximum Gasteiger partial charge on any atom is 0.605 e. The lowest BCUT2D eigenvalue weighted by Gasteiger charge is -2.59. The van der Waals surface area contributed by atoms with Crippen LogP contribution in [0.5, 0.6) is 0 Å². The van der Waals surface area contributed by atoms with E-state index in [1.165, 1.54) is 18.6 Å². The third kappa shape index (κ3) is 5.38. The third-order valence-corrected chi connectivity index (χ3v) is 8.21. The van der Waals surface area contributed by atoms with Gasteiger partial charge in [0.2, 0.25) is 5.91 Å². The van der Waals surface area contributed by atoms with E-state index in [-0.39, 0.29) is 34.9 Å². The van der Waals surface area contributed by atoms with E-state index >= 15 is 0 Å². The Morgan fingerprint density at radius 2 is 1.82 bits per heavy atom. The number of benzene rings is 1. The number of carbonyl (C=O) groups is 4. The zero-order valence-electron chi connectivity index (χ0n) is 23.0. The molecule has 11 nitrogen and oxygen atoms in total. The topological polar surface area (TPSA) is 137 Å². The third-order valence-electron chi connectivity index (χ3n) is 8.21. The molecule has 3 heterocycles. The number of nitrogens with one attached hydrogen (secondary N) is 2. The highest BCUT2D eigenvalue weighted by atomic mass is 16.7. The SMILES string of the molecule is CC(C)C[C@H](NC(=O)[C@H](Cc1ccccc1)NC(=O)c1cnccn1)[B-]12OC(=O)C[C@H](C)[N+]1(C)[C@H](C)C(=O)O2. The summed E-state index contributed by atoms with van der Waals surface area (Å²) in [5.41, 5.74) is 0.906. The molecule has 2 N–H and O–H groups in total. The molecule has 6 atom stereocenters. The minimum Gasteiger partial charge on any atom is -0.603 e. The van der Waals surface area contributed by atoms with E-state index < -0.39 is 48.5 Å². The maximum absolute atomic E-state index is 13.9. The molecule has 12 heteroatoms. The quantitative estimate of drug-likeness (QED) is 0.460. The van der Waals surface area contributed by atoms with Crippen LogP contribution >= 0.6 is 0 Å². The van der Waals surface area contributed by atoms with Gasteiger partial charge in [0, 0.05) is 25.9 Å². The number of hydrogen-bond donors (Lipinski definition) is 2. The number of amides is 2. The molecule has 2 aromatic rings. The number of carbonyl (C=O) groups excluding carboxylic acids is 4. The Morgan fingerprint density at radius 1 is 1.10 bits per heavy atom. The second-order valence-electron chi connectivity index (χ2n) is 11.2. The number of quaternary nitrogens is 1. The van der Waals surface area contributed by atoms with Crippen LogP contribution in [0.25, 0.3) is 0 Å². The summed E-state index contributed by atoms with van der Waals surface area (Å²) >= 11 is 0. The standard InChI is InChI=1S/C27H36BN5O6/c1-17(2)13-23(28-33(5,19(4)27(37)39-28)18(3)14-24(34)38-28)32-25(35)21(15-20-9-7-6-8-10-20)31-26(36)22-16-29-11-12-30-22/h6-12,16-19,21,23H,13-15H2,1-5H3,(H,31,36)(H,32,35)/t18-,19+,21-,23-,28?,33?/m0/s1. The normalized spacial score (nSPS) is 27.6. The van der Waals surface area contributed by atoms with Crippen LogP contribution < -0.4 is 10.6 Å². The van der Waals surface area contributed by atoms with Crippen molar-refractivity contribution < 1.29 is 32.9 Å². The minimum atomic E-state index is -2.64. The fourth-order valence-corrected chi connectivity index (χ4v) is 5.85. The number of nitrogens with zero attached hydrogens (tertiary/aromatic N) is 3. The molecule has 0 radical (unpaired) electrons. The molecule has 2 saturated heterocycles. The first-order valence-electron chi connectivity index (χ1n) is 13.3. The van der Waals surface area contributed by atoms with Gasteiger partial charge in [0.25, 0.3) is 11.9 Å². The van der Waals surface area contributed by atoms with E-state index in [0.717, 1.165) is 5.56 Å². The zero-order valence-corrected chi connectivity index (χ0v) is 23.0. The summed E-state index contributed by atoms with van der Waals surface area (Å²) in [6.45, 7) is 4.95. The number of hydrogen-bond acceptors (Lipinski definition) is 8. The first kappa shape index (κ1) is 28.2. The van der Waals surface area contributed by atoms with Gasteiger partial charge in [0.05, 0.1) is 24.6 Å². The smallest absolute Gasteiger partial charge is 0.603 e. The van der Waals surface area contributed by atoms with E-state index in [1.54, 1.807) is 6.92 Å². The van der Waals surface area contributed by atoms with Crippen LogP contribution in [0.3, 0.4) is 0 Å². The number of fused-ring (bicyclic) bond motifs is 1. The molecule has 1 aromatic heterocycles. The number of aromatic nitrogens is 2. The van der Waals surface area contributed by atoms with E-state index in [9.17, 15) is 19.2 Å². The lowest BCUT2D eigenvalue weighted by atomic mass is 9.54. The monoisotopic (exact) mass is 537 g/mol. The molecule has 208 valence electrons. The van der Waals surface area contributed by atoms with Gasteiger partial charge < -0.3 is 24.3 Å². The molecule has 2 fully saturated rings. The van der Waals surface area contributed by atoms with Gasteiger partial charge in [-0.2, -0.15) is 0 Å². The average molecular weight is 537 g/mol. The lowest BCUT2D eigenvalue weighted by Crippen LogP contribution is -2.81. The Hall–Kier alpha value is -3.80. The Morgan fingerprint density at radius 3 is 2.46 bits per heavy atom. The van der Waals surface area contributed by atoms with Gasteiger partial charge in [-0.1, -0.05) is 44.2 Å². The molecule has 0 aliphatic carbocycles. The fourth-order valence-electron chi connectivity index (χ4n) is 5.85. The van der Waals surface area contributed by atoms with Crippen molar-refractivity contribution in [2.45, 2.75) is 71.0 Å². The first-order valence-corrected chi connectivity index (χ1v) is 13.3. The minimum absolute atomic E-state index is 0.0531. The van der Waals surface area contributed by atoms with Crippen molar-refractivity contribution >= 4 is 30.4 Å². The van der Waals surface area contributed by atoms with E-state index in [2.05, 4.69) is 20.6 Å². The Balaban J connectivity index is 1.69. The van der Waals surface area contributed by atoms with Crippen molar-refractivity contribution in [3.8, 4) is 0 Å². The summed E-state index contributed by atoms with van der Waals surface area (Å²) in [5, 5.41) is 5.81. The second-order valence-corrected chi connectivity index (χ2v) is 11.2. The van der Waals surface area contributed by atoms with Gasteiger partial charge in [-0.3, -0.25) is 19.4 Å². The van der Waals surface area contributed by atoms with E-state index in [0.29, 0.717) is 6.42 Å². The highest BCUT2D eigenvalue weighted by molar-refractivity contribution is 6.67. The molecule has 2 unspecified atom stereocenters. The van der Waals surface area contributed by atoms with Crippen LogP contribution in [0, 0.1) is 5.92 Å². The number of likely N-dealkylation sites (N-methyl/N-ethyl adjacent to an activating group) is 1. The molecule has 0 bridgehead atoms. The predicted octanol–water partition coefficient (Wildman–Crippen LogP) is 1.55. The Bertz CT molecular complexity index is 1230.